The van der Waals surface area contributed by atoms with Gasteiger partial charge in [0.2, 0.25) is 15.8 Å². The van der Waals surface area contributed by atoms with Crippen LogP contribution in [0.15, 0.2) is 12.3 Å². The summed E-state index contributed by atoms with van der Waals surface area (Å²) in [5, 5.41) is 13.6. The molecule has 106 valence electrons. The predicted octanol–water partition coefficient (Wildman–Crippen LogP) is 0.649. The third kappa shape index (κ3) is 5.62. The molecule has 0 bridgehead atoms. The Morgan fingerprint density at radius 3 is 2.68 bits per heavy atom. The molecule has 8 nitrogen and oxygen atoms in total. The summed E-state index contributed by atoms with van der Waals surface area (Å²) in [5.41, 5.74) is 0.618. The second-order valence-corrected chi connectivity index (χ2v) is 5.92. The molecular formula is C10H16N4O4S. The molecule has 2 N–H and O–H groups in total. The van der Waals surface area contributed by atoms with E-state index in [-0.39, 0.29) is 18.1 Å². The quantitative estimate of drug-likeness (QED) is 0.432. The van der Waals surface area contributed by atoms with Gasteiger partial charge < -0.3 is 5.32 Å². The third-order valence-corrected chi connectivity index (χ3v) is 2.94. The van der Waals surface area contributed by atoms with Crippen LogP contribution in [0.3, 0.4) is 0 Å². The first-order valence-corrected chi connectivity index (χ1v) is 7.48. The largest absolute Gasteiger partial charge is 0.364 e. The highest BCUT2D eigenvalue weighted by Gasteiger charge is 2.14. The molecule has 9 heteroatoms. The van der Waals surface area contributed by atoms with Gasteiger partial charge in [0.15, 0.2) is 0 Å². The fourth-order valence-electron chi connectivity index (χ4n) is 1.38. The minimum Gasteiger partial charge on any atom is -0.364 e. The highest BCUT2D eigenvalue weighted by Crippen LogP contribution is 2.22. The maximum atomic E-state index is 10.8. The van der Waals surface area contributed by atoms with Gasteiger partial charge in [-0.15, -0.1) is 0 Å². The zero-order valence-corrected chi connectivity index (χ0v) is 11.5. The Hall–Kier alpha value is -1.74. The number of rotatable bonds is 7. The van der Waals surface area contributed by atoms with Crippen LogP contribution in [0.5, 0.6) is 0 Å². The molecule has 0 amide bonds. The Morgan fingerprint density at radius 2 is 2.11 bits per heavy atom. The molecule has 1 rings (SSSR count). The van der Waals surface area contributed by atoms with Crippen LogP contribution in [-0.4, -0.2) is 37.7 Å². The average molecular weight is 288 g/mol. The standard InChI is InChI=1S/C10H16N4O4S/c1-8-6-9(14(15)16)10(12-7-8)11-4-3-5-13-19(2,17)18/h6-7,13H,3-5H2,1-2H3,(H,11,12). The molecule has 0 spiro atoms. The van der Waals surface area contributed by atoms with Gasteiger partial charge in [-0.1, -0.05) is 0 Å². The molecule has 1 aromatic rings. The summed E-state index contributed by atoms with van der Waals surface area (Å²) >= 11 is 0. The Morgan fingerprint density at radius 1 is 1.42 bits per heavy atom. The maximum Gasteiger partial charge on any atom is 0.311 e. The molecule has 0 saturated carbocycles. The molecule has 1 heterocycles. The Balaban J connectivity index is 2.52. The molecule has 1 aromatic heterocycles. The summed E-state index contributed by atoms with van der Waals surface area (Å²) in [5.74, 6) is 0.190. The normalized spacial score (nSPS) is 11.3. The second kappa shape index (κ2) is 6.43. The monoisotopic (exact) mass is 288 g/mol. The number of anilines is 1. The number of nitro groups is 1. The second-order valence-electron chi connectivity index (χ2n) is 4.08. The number of aryl methyl sites for hydroxylation is 1. The van der Waals surface area contributed by atoms with E-state index < -0.39 is 14.9 Å². The van der Waals surface area contributed by atoms with E-state index >= 15 is 0 Å². The van der Waals surface area contributed by atoms with Crippen molar-refractivity contribution in [1.29, 1.82) is 0 Å². The van der Waals surface area contributed by atoms with Gasteiger partial charge in [-0.3, -0.25) is 10.1 Å². The highest BCUT2D eigenvalue weighted by atomic mass is 32.2. The zero-order valence-electron chi connectivity index (χ0n) is 10.7. The van der Waals surface area contributed by atoms with Gasteiger partial charge in [0.1, 0.15) is 0 Å². The van der Waals surface area contributed by atoms with Crippen LogP contribution in [0.2, 0.25) is 0 Å². The molecule has 0 aliphatic rings. The molecule has 0 fully saturated rings. The van der Waals surface area contributed by atoms with E-state index in [2.05, 4.69) is 15.0 Å². The lowest BCUT2D eigenvalue weighted by molar-refractivity contribution is -0.384. The summed E-state index contributed by atoms with van der Waals surface area (Å²) in [6, 6.07) is 1.43. The SMILES string of the molecule is Cc1cnc(NCCCNS(C)(=O)=O)c([N+](=O)[O-])c1. The van der Waals surface area contributed by atoms with Gasteiger partial charge >= 0.3 is 5.69 Å². The summed E-state index contributed by atoms with van der Waals surface area (Å²) < 4.78 is 24.0. The van der Waals surface area contributed by atoms with Gasteiger partial charge in [-0.05, 0) is 18.9 Å². The Labute approximate surface area is 111 Å². The number of nitrogens with zero attached hydrogens (tertiary/aromatic N) is 2. The Kier molecular flexibility index (Phi) is 5.19. The van der Waals surface area contributed by atoms with E-state index in [1.807, 2.05) is 0 Å². The number of pyridine rings is 1. The van der Waals surface area contributed by atoms with Gasteiger partial charge in [-0.2, -0.15) is 0 Å². The lowest BCUT2D eigenvalue weighted by atomic mass is 10.3. The van der Waals surface area contributed by atoms with E-state index in [0.29, 0.717) is 18.5 Å². The molecule has 0 aromatic carbocycles. The molecule has 0 unspecified atom stereocenters. The number of aromatic nitrogens is 1. The number of hydrogen-bond donors (Lipinski definition) is 2. The Bertz CT molecular complexity index is 559. The van der Waals surface area contributed by atoms with Crippen molar-refractivity contribution < 1.29 is 13.3 Å². The van der Waals surface area contributed by atoms with Crippen LogP contribution in [0, 0.1) is 17.0 Å². The molecular weight excluding hydrogens is 272 g/mol. The van der Waals surface area contributed by atoms with Gasteiger partial charge in [0.05, 0.1) is 11.2 Å². The fourth-order valence-corrected chi connectivity index (χ4v) is 1.90. The number of nitrogens with one attached hydrogen (secondary N) is 2. The molecule has 0 aliphatic heterocycles. The van der Waals surface area contributed by atoms with Crippen LogP contribution in [0.25, 0.3) is 0 Å². The van der Waals surface area contributed by atoms with Crippen molar-refractivity contribution in [2.24, 2.45) is 0 Å². The van der Waals surface area contributed by atoms with Crippen LogP contribution >= 0.6 is 0 Å². The van der Waals surface area contributed by atoms with Crippen LogP contribution in [0.1, 0.15) is 12.0 Å². The summed E-state index contributed by atoms with van der Waals surface area (Å²) in [4.78, 5) is 14.3. The van der Waals surface area contributed by atoms with Crippen molar-refractivity contribution in [3.63, 3.8) is 0 Å². The molecule has 19 heavy (non-hydrogen) atoms. The molecule has 0 aliphatic carbocycles. The third-order valence-electron chi connectivity index (χ3n) is 2.21. The summed E-state index contributed by atoms with van der Waals surface area (Å²) in [7, 11) is -3.20. The highest BCUT2D eigenvalue weighted by molar-refractivity contribution is 7.88. The van der Waals surface area contributed by atoms with Gasteiger partial charge in [-0.25, -0.2) is 18.1 Å². The molecule has 0 saturated heterocycles. The fraction of sp³-hybridized carbons (Fsp3) is 0.500. The number of sulfonamides is 1. The summed E-state index contributed by atoms with van der Waals surface area (Å²) in [6.45, 7) is 2.38. The van der Waals surface area contributed by atoms with Crippen LogP contribution in [0.4, 0.5) is 11.5 Å². The minimum absolute atomic E-state index is 0.0870. The van der Waals surface area contributed by atoms with E-state index in [0.717, 1.165) is 6.26 Å². The first-order chi connectivity index (χ1) is 8.79. The maximum absolute atomic E-state index is 10.8. The lowest BCUT2D eigenvalue weighted by Gasteiger charge is -2.06. The van der Waals surface area contributed by atoms with Crippen molar-refractivity contribution >= 4 is 21.5 Å². The van der Waals surface area contributed by atoms with Crippen molar-refractivity contribution in [2.45, 2.75) is 13.3 Å². The minimum atomic E-state index is -3.20. The van der Waals surface area contributed by atoms with E-state index in [9.17, 15) is 18.5 Å². The van der Waals surface area contributed by atoms with Crippen molar-refractivity contribution in [2.75, 3.05) is 24.7 Å². The average Bonchev–Trinajstić information content (AvgIpc) is 2.28. The van der Waals surface area contributed by atoms with Gasteiger partial charge in [0, 0.05) is 25.4 Å². The summed E-state index contributed by atoms with van der Waals surface area (Å²) in [6.07, 6.45) is 3.11. The molecule has 0 radical (unpaired) electrons. The predicted molar refractivity (Wildman–Crippen MR) is 71.6 cm³/mol. The first kappa shape index (κ1) is 15.3. The van der Waals surface area contributed by atoms with E-state index in [1.165, 1.54) is 12.3 Å². The first-order valence-electron chi connectivity index (χ1n) is 5.59. The number of hydrogen-bond acceptors (Lipinski definition) is 6. The smallest absolute Gasteiger partial charge is 0.311 e. The lowest BCUT2D eigenvalue weighted by Crippen LogP contribution is -2.24. The van der Waals surface area contributed by atoms with E-state index in [4.69, 9.17) is 0 Å². The topological polar surface area (TPSA) is 114 Å². The van der Waals surface area contributed by atoms with Gasteiger partial charge in [0.25, 0.3) is 0 Å². The molecule has 0 atom stereocenters. The van der Waals surface area contributed by atoms with Crippen LogP contribution in [-0.2, 0) is 10.0 Å². The van der Waals surface area contributed by atoms with Crippen molar-refractivity contribution in [3.05, 3.63) is 27.9 Å². The van der Waals surface area contributed by atoms with Crippen molar-refractivity contribution in [1.82, 2.24) is 9.71 Å². The van der Waals surface area contributed by atoms with E-state index in [1.54, 1.807) is 6.92 Å². The van der Waals surface area contributed by atoms with Crippen LogP contribution < -0.4 is 10.0 Å². The zero-order chi connectivity index (χ0) is 14.5. The van der Waals surface area contributed by atoms with Crippen molar-refractivity contribution in [3.8, 4) is 0 Å².